The van der Waals surface area contributed by atoms with E-state index in [0.717, 1.165) is 16.9 Å². The number of methoxy groups -OCH3 is 2. The van der Waals surface area contributed by atoms with E-state index in [-0.39, 0.29) is 12.0 Å². The first-order chi connectivity index (χ1) is 13.6. The molecule has 0 saturated carbocycles. The monoisotopic (exact) mass is 385 g/mol. The van der Waals surface area contributed by atoms with Crippen molar-refractivity contribution in [1.29, 1.82) is 0 Å². The molecular weight excluding hydrogens is 358 g/mol. The minimum Gasteiger partial charge on any atom is -0.497 e. The van der Waals surface area contributed by atoms with Crippen molar-refractivity contribution < 1.29 is 23.7 Å². The van der Waals surface area contributed by atoms with Crippen LogP contribution in [0.3, 0.4) is 0 Å². The van der Waals surface area contributed by atoms with E-state index >= 15 is 0 Å². The summed E-state index contributed by atoms with van der Waals surface area (Å²) in [7, 11) is 3.23. The summed E-state index contributed by atoms with van der Waals surface area (Å²) in [6.45, 7) is 3.67. The Morgan fingerprint density at radius 1 is 1.11 bits per heavy atom. The van der Waals surface area contributed by atoms with Crippen LogP contribution in [0, 0.1) is 0 Å². The normalized spacial score (nSPS) is 19.5. The summed E-state index contributed by atoms with van der Waals surface area (Å²) in [6.07, 6.45) is -0.663. The first kappa shape index (κ1) is 20.2. The number of carbonyl (C=O) groups excluding carboxylic acids is 1. The van der Waals surface area contributed by atoms with Crippen LogP contribution in [0.1, 0.15) is 18.1 Å². The standard InChI is InChI=1S/C22H27NO5/c1-16-22(24)23(12-18-9-10-19(25-2)11-21(18)26-3)13-20(28-16)15-27-14-17-7-5-4-6-8-17/h4-11,16,20H,12-15H2,1-3H3. The summed E-state index contributed by atoms with van der Waals surface area (Å²) in [5.41, 5.74) is 2.04. The summed E-state index contributed by atoms with van der Waals surface area (Å²) in [5.74, 6) is 1.38. The van der Waals surface area contributed by atoms with E-state index in [0.29, 0.717) is 32.1 Å². The summed E-state index contributed by atoms with van der Waals surface area (Å²) >= 11 is 0. The van der Waals surface area contributed by atoms with E-state index in [9.17, 15) is 4.79 Å². The van der Waals surface area contributed by atoms with Crippen LogP contribution in [0.15, 0.2) is 48.5 Å². The van der Waals surface area contributed by atoms with Crippen molar-refractivity contribution in [3.8, 4) is 11.5 Å². The van der Waals surface area contributed by atoms with Crippen molar-refractivity contribution in [2.24, 2.45) is 0 Å². The summed E-state index contributed by atoms with van der Waals surface area (Å²) in [5, 5.41) is 0. The molecule has 1 amide bonds. The molecule has 0 aromatic heterocycles. The molecule has 1 fully saturated rings. The maximum Gasteiger partial charge on any atom is 0.251 e. The Hall–Kier alpha value is -2.57. The van der Waals surface area contributed by atoms with Gasteiger partial charge < -0.3 is 23.8 Å². The topological polar surface area (TPSA) is 57.2 Å². The Morgan fingerprint density at radius 3 is 2.61 bits per heavy atom. The molecule has 2 aromatic carbocycles. The third-order valence-corrected chi connectivity index (χ3v) is 4.75. The fourth-order valence-corrected chi connectivity index (χ4v) is 3.29. The van der Waals surface area contributed by atoms with Crippen LogP contribution in [0.2, 0.25) is 0 Å². The van der Waals surface area contributed by atoms with Crippen LogP contribution in [0.25, 0.3) is 0 Å². The lowest BCUT2D eigenvalue weighted by molar-refractivity contribution is -0.166. The quantitative estimate of drug-likeness (QED) is 0.699. The van der Waals surface area contributed by atoms with Gasteiger partial charge in [-0.2, -0.15) is 0 Å². The lowest BCUT2D eigenvalue weighted by atomic mass is 10.1. The Morgan fingerprint density at radius 2 is 1.89 bits per heavy atom. The van der Waals surface area contributed by atoms with Crippen LogP contribution in [-0.4, -0.2) is 50.4 Å². The van der Waals surface area contributed by atoms with Crippen molar-refractivity contribution >= 4 is 5.91 Å². The van der Waals surface area contributed by atoms with Gasteiger partial charge in [-0.15, -0.1) is 0 Å². The van der Waals surface area contributed by atoms with Crippen molar-refractivity contribution in [3.05, 3.63) is 59.7 Å². The van der Waals surface area contributed by atoms with Gasteiger partial charge >= 0.3 is 0 Å². The molecule has 3 rings (SSSR count). The van der Waals surface area contributed by atoms with E-state index in [1.54, 1.807) is 26.0 Å². The predicted octanol–water partition coefficient (Wildman–Crippen LogP) is 3.04. The Kier molecular flexibility index (Phi) is 6.90. The van der Waals surface area contributed by atoms with E-state index in [1.165, 1.54) is 0 Å². The molecule has 0 radical (unpaired) electrons. The summed E-state index contributed by atoms with van der Waals surface area (Å²) < 4.78 is 22.3. The summed E-state index contributed by atoms with van der Waals surface area (Å²) in [6, 6.07) is 15.6. The highest BCUT2D eigenvalue weighted by atomic mass is 16.5. The number of hydrogen-bond acceptors (Lipinski definition) is 5. The Balaban J connectivity index is 1.61. The third-order valence-electron chi connectivity index (χ3n) is 4.75. The third kappa shape index (κ3) is 5.03. The van der Waals surface area contributed by atoms with Gasteiger partial charge in [0, 0.05) is 24.7 Å². The van der Waals surface area contributed by atoms with Gasteiger partial charge in [-0.25, -0.2) is 0 Å². The SMILES string of the molecule is COc1ccc(CN2CC(COCc3ccccc3)OC(C)C2=O)c(OC)c1. The predicted molar refractivity (Wildman–Crippen MR) is 105 cm³/mol. The summed E-state index contributed by atoms with van der Waals surface area (Å²) in [4.78, 5) is 14.4. The molecule has 2 atom stereocenters. The molecule has 0 N–H and O–H groups in total. The molecule has 6 heteroatoms. The highest BCUT2D eigenvalue weighted by molar-refractivity contribution is 5.81. The highest BCUT2D eigenvalue weighted by Gasteiger charge is 2.32. The molecular formula is C22H27NO5. The van der Waals surface area contributed by atoms with E-state index in [2.05, 4.69) is 0 Å². The molecule has 2 unspecified atom stereocenters. The van der Waals surface area contributed by atoms with Gasteiger partial charge in [-0.1, -0.05) is 30.3 Å². The number of rotatable bonds is 8. The van der Waals surface area contributed by atoms with Crippen molar-refractivity contribution in [3.63, 3.8) is 0 Å². The number of ether oxygens (including phenoxy) is 4. The highest BCUT2D eigenvalue weighted by Crippen LogP contribution is 2.27. The average Bonchev–Trinajstić information content (AvgIpc) is 2.72. The molecule has 1 aliphatic heterocycles. The van der Waals surface area contributed by atoms with Crippen LogP contribution in [0.4, 0.5) is 0 Å². The number of benzene rings is 2. The van der Waals surface area contributed by atoms with Gasteiger partial charge in [0.15, 0.2) is 0 Å². The molecule has 6 nitrogen and oxygen atoms in total. The number of hydrogen-bond donors (Lipinski definition) is 0. The van der Waals surface area contributed by atoms with Crippen molar-refractivity contribution in [2.75, 3.05) is 27.4 Å². The van der Waals surface area contributed by atoms with Gasteiger partial charge in [0.25, 0.3) is 5.91 Å². The first-order valence-corrected chi connectivity index (χ1v) is 9.37. The fourth-order valence-electron chi connectivity index (χ4n) is 3.29. The minimum atomic E-state index is -0.497. The lowest BCUT2D eigenvalue weighted by Crippen LogP contribution is -2.51. The number of nitrogens with zero attached hydrogens (tertiary/aromatic N) is 1. The molecule has 0 aliphatic carbocycles. The zero-order valence-electron chi connectivity index (χ0n) is 16.6. The van der Waals surface area contributed by atoms with Crippen molar-refractivity contribution in [2.45, 2.75) is 32.3 Å². The second-order valence-electron chi connectivity index (χ2n) is 6.80. The van der Waals surface area contributed by atoms with Gasteiger partial charge in [0.1, 0.15) is 17.6 Å². The van der Waals surface area contributed by atoms with E-state index in [4.69, 9.17) is 18.9 Å². The molecule has 0 spiro atoms. The number of amides is 1. The van der Waals surface area contributed by atoms with Crippen LogP contribution in [-0.2, 0) is 27.4 Å². The zero-order chi connectivity index (χ0) is 19.9. The molecule has 28 heavy (non-hydrogen) atoms. The van der Waals surface area contributed by atoms with E-state index in [1.807, 2.05) is 48.5 Å². The molecule has 1 saturated heterocycles. The maximum atomic E-state index is 12.6. The molecule has 0 bridgehead atoms. The zero-order valence-corrected chi connectivity index (χ0v) is 16.6. The lowest BCUT2D eigenvalue weighted by Gasteiger charge is -2.36. The molecule has 2 aromatic rings. The molecule has 1 heterocycles. The second-order valence-corrected chi connectivity index (χ2v) is 6.80. The van der Waals surface area contributed by atoms with Crippen LogP contribution >= 0.6 is 0 Å². The van der Waals surface area contributed by atoms with Gasteiger partial charge in [0.2, 0.25) is 0 Å². The largest absolute Gasteiger partial charge is 0.497 e. The molecule has 1 aliphatic rings. The molecule has 150 valence electrons. The van der Waals surface area contributed by atoms with Gasteiger partial charge in [0.05, 0.1) is 33.5 Å². The first-order valence-electron chi connectivity index (χ1n) is 9.37. The fraction of sp³-hybridized carbons (Fsp3) is 0.409. The van der Waals surface area contributed by atoms with Gasteiger partial charge in [-0.3, -0.25) is 4.79 Å². The second kappa shape index (κ2) is 9.57. The van der Waals surface area contributed by atoms with Crippen LogP contribution < -0.4 is 9.47 Å². The van der Waals surface area contributed by atoms with E-state index < -0.39 is 6.10 Å². The maximum absolute atomic E-state index is 12.6. The van der Waals surface area contributed by atoms with Crippen LogP contribution in [0.5, 0.6) is 11.5 Å². The minimum absolute atomic E-state index is 0.0304. The Bertz CT molecular complexity index is 780. The number of carbonyl (C=O) groups is 1. The smallest absolute Gasteiger partial charge is 0.251 e. The van der Waals surface area contributed by atoms with Crippen molar-refractivity contribution in [1.82, 2.24) is 4.90 Å². The van der Waals surface area contributed by atoms with Gasteiger partial charge in [-0.05, 0) is 24.6 Å². The average molecular weight is 385 g/mol. The number of morpholine rings is 1. The Labute approximate surface area is 166 Å².